The van der Waals surface area contributed by atoms with Crippen LogP contribution in [0.4, 0.5) is 0 Å². The average molecular weight is 450 g/mol. The third-order valence-electron chi connectivity index (χ3n) is 4.22. The SMILES string of the molecule is C=C(C)C(C/C=C(\C)CC/C=C(\C)CCC=C(C)C)COP(=O)(O)OP(=O)(O)O. The van der Waals surface area contributed by atoms with Crippen molar-refractivity contribution in [3.63, 3.8) is 0 Å². The summed E-state index contributed by atoms with van der Waals surface area (Å²) in [5, 5.41) is 0. The Kier molecular flexibility index (Phi) is 13.1. The molecule has 0 amide bonds. The predicted octanol–water partition coefficient (Wildman–Crippen LogP) is 6.21. The van der Waals surface area contributed by atoms with Crippen LogP contribution in [0.1, 0.15) is 66.7 Å². The second kappa shape index (κ2) is 13.5. The minimum absolute atomic E-state index is 0.226. The van der Waals surface area contributed by atoms with E-state index in [0.29, 0.717) is 6.42 Å². The third-order valence-corrected chi connectivity index (χ3v) is 6.37. The maximum absolute atomic E-state index is 11.6. The van der Waals surface area contributed by atoms with Crippen LogP contribution in [0.25, 0.3) is 0 Å². The summed E-state index contributed by atoms with van der Waals surface area (Å²) in [6.45, 7) is 13.7. The number of allylic oxidation sites excluding steroid dienone is 6. The molecule has 3 N–H and O–H groups in total. The Morgan fingerprint density at radius 1 is 0.931 bits per heavy atom. The first kappa shape index (κ1) is 28.2. The highest BCUT2D eigenvalue weighted by molar-refractivity contribution is 7.60. The molecular formula is C20H36O7P2. The Bertz CT molecular complexity index is 712. The van der Waals surface area contributed by atoms with E-state index in [-0.39, 0.29) is 12.5 Å². The lowest BCUT2D eigenvalue weighted by Gasteiger charge is -2.18. The molecule has 0 spiro atoms. The number of hydrogen-bond donors (Lipinski definition) is 3. The number of rotatable bonds is 14. The molecule has 0 aliphatic rings. The zero-order valence-electron chi connectivity index (χ0n) is 18.1. The summed E-state index contributed by atoms with van der Waals surface area (Å²) in [5.74, 6) is -0.271. The highest BCUT2D eigenvalue weighted by atomic mass is 31.3. The van der Waals surface area contributed by atoms with Crippen molar-refractivity contribution in [3.8, 4) is 0 Å². The van der Waals surface area contributed by atoms with E-state index in [0.717, 1.165) is 31.3 Å². The zero-order valence-corrected chi connectivity index (χ0v) is 19.9. The van der Waals surface area contributed by atoms with Gasteiger partial charge in [0.25, 0.3) is 0 Å². The molecule has 0 aliphatic heterocycles. The minimum Gasteiger partial charge on any atom is -0.302 e. The molecule has 0 heterocycles. The van der Waals surface area contributed by atoms with Crippen molar-refractivity contribution in [2.75, 3.05) is 6.61 Å². The Balaban J connectivity index is 4.57. The van der Waals surface area contributed by atoms with E-state index in [9.17, 15) is 14.0 Å². The summed E-state index contributed by atoms with van der Waals surface area (Å²) in [6, 6.07) is 0. The molecule has 0 aliphatic carbocycles. The van der Waals surface area contributed by atoms with Crippen molar-refractivity contribution in [1.82, 2.24) is 0 Å². The summed E-state index contributed by atoms with van der Waals surface area (Å²) in [4.78, 5) is 26.7. The average Bonchev–Trinajstić information content (AvgIpc) is 2.51. The molecule has 0 radical (unpaired) electrons. The maximum atomic E-state index is 11.6. The van der Waals surface area contributed by atoms with Gasteiger partial charge in [-0.05, 0) is 66.7 Å². The standard InChI is InChI=1S/C20H36O7P2/c1-16(2)9-7-10-18(5)11-8-12-19(6)13-14-20(17(3)4)15-26-29(24,25)27-28(21,22)23/h9,11,13,20H,3,7-8,10,12,14-15H2,1-2,4-6H3,(H,24,25)(H2,21,22,23)/b18-11+,19-13+. The van der Waals surface area contributed by atoms with E-state index in [1.54, 1.807) is 6.92 Å². The Hall–Kier alpha value is -0.780. The van der Waals surface area contributed by atoms with Crippen LogP contribution in [-0.2, 0) is 18.0 Å². The normalized spacial score (nSPS) is 16.3. The van der Waals surface area contributed by atoms with E-state index >= 15 is 0 Å². The lowest BCUT2D eigenvalue weighted by atomic mass is 9.97. The first-order chi connectivity index (χ1) is 13.2. The molecule has 0 fully saturated rings. The van der Waals surface area contributed by atoms with Gasteiger partial charge in [-0.2, -0.15) is 4.31 Å². The lowest BCUT2D eigenvalue weighted by molar-refractivity contribution is 0.164. The second-order valence-electron chi connectivity index (χ2n) is 7.58. The van der Waals surface area contributed by atoms with Crippen LogP contribution in [0.2, 0.25) is 0 Å². The van der Waals surface area contributed by atoms with Gasteiger partial charge in [-0.3, -0.25) is 4.52 Å². The van der Waals surface area contributed by atoms with Crippen LogP contribution < -0.4 is 0 Å². The molecule has 0 aromatic carbocycles. The van der Waals surface area contributed by atoms with Gasteiger partial charge in [0.05, 0.1) is 6.61 Å². The summed E-state index contributed by atoms with van der Waals surface area (Å²) >= 11 is 0. The van der Waals surface area contributed by atoms with Gasteiger partial charge in [0.1, 0.15) is 0 Å². The van der Waals surface area contributed by atoms with Crippen molar-refractivity contribution in [2.24, 2.45) is 5.92 Å². The Morgan fingerprint density at radius 3 is 1.93 bits per heavy atom. The molecule has 0 saturated carbocycles. The van der Waals surface area contributed by atoms with Crippen molar-refractivity contribution in [2.45, 2.75) is 66.7 Å². The molecule has 29 heavy (non-hydrogen) atoms. The molecule has 2 unspecified atom stereocenters. The molecule has 0 bridgehead atoms. The predicted molar refractivity (Wildman–Crippen MR) is 117 cm³/mol. The highest BCUT2D eigenvalue weighted by Gasteiger charge is 2.33. The van der Waals surface area contributed by atoms with Gasteiger partial charge in [0, 0.05) is 5.92 Å². The van der Waals surface area contributed by atoms with E-state index in [1.807, 2.05) is 13.0 Å². The van der Waals surface area contributed by atoms with Crippen molar-refractivity contribution in [1.29, 1.82) is 0 Å². The Morgan fingerprint density at radius 2 is 1.45 bits per heavy atom. The van der Waals surface area contributed by atoms with Gasteiger partial charge in [-0.25, -0.2) is 9.13 Å². The van der Waals surface area contributed by atoms with Gasteiger partial charge in [0.2, 0.25) is 0 Å². The first-order valence-corrected chi connectivity index (χ1v) is 12.6. The van der Waals surface area contributed by atoms with Crippen molar-refractivity contribution >= 4 is 15.6 Å². The molecule has 0 saturated heterocycles. The minimum atomic E-state index is -5.12. The first-order valence-electron chi connectivity index (χ1n) is 9.56. The van der Waals surface area contributed by atoms with E-state index < -0.39 is 15.6 Å². The van der Waals surface area contributed by atoms with Crippen molar-refractivity contribution < 1.29 is 32.6 Å². The third kappa shape index (κ3) is 16.7. The fourth-order valence-corrected chi connectivity index (χ4v) is 4.07. The number of phosphoric acid groups is 2. The van der Waals surface area contributed by atoms with Crippen molar-refractivity contribution in [3.05, 3.63) is 47.1 Å². The van der Waals surface area contributed by atoms with Crippen LogP contribution in [0.3, 0.4) is 0 Å². The summed E-state index contributed by atoms with van der Waals surface area (Å²) < 4.78 is 30.8. The molecule has 9 heteroatoms. The molecule has 0 rings (SSSR count). The quantitative estimate of drug-likeness (QED) is 0.213. The largest absolute Gasteiger partial charge is 0.481 e. The van der Waals surface area contributed by atoms with Crippen LogP contribution in [-0.4, -0.2) is 21.3 Å². The molecule has 168 valence electrons. The maximum Gasteiger partial charge on any atom is 0.481 e. The molecule has 2 atom stereocenters. The van der Waals surface area contributed by atoms with Gasteiger partial charge < -0.3 is 14.7 Å². The highest BCUT2D eigenvalue weighted by Crippen LogP contribution is 2.57. The van der Waals surface area contributed by atoms with Gasteiger partial charge in [0.15, 0.2) is 0 Å². The molecule has 0 aromatic rings. The smallest absolute Gasteiger partial charge is 0.302 e. The van der Waals surface area contributed by atoms with E-state index in [2.05, 4.69) is 43.8 Å². The van der Waals surface area contributed by atoms with E-state index in [1.165, 1.54) is 16.7 Å². The van der Waals surface area contributed by atoms with Crippen LogP contribution >= 0.6 is 15.6 Å². The monoisotopic (exact) mass is 450 g/mol. The fraction of sp³-hybridized carbons (Fsp3) is 0.600. The van der Waals surface area contributed by atoms with Crippen LogP contribution in [0.15, 0.2) is 47.1 Å². The summed E-state index contributed by atoms with van der Waals surface area (Å²) in [5.41, 5.74) is 4.62. The van der Waals surface area contributed by atoms with Crippen LogP contribution in [0, 0.1) is 5.92 Å². The molecule has 7 nitrogen and oxygen atoms in total. The van der Waals surface area contributed by atoms with Gasteiger partial charge in [-0.15, -0.1) is 0 Å². The summed E-state index contributed by atoms with van der Waals surface area (Å²) in [7, 11) is -9.95. The van der Waals surface area contributed by atoms with Gasteiger partial charge in [-0.1, -0.05) is 47.1 Å². The molecular weight excluding hydrogens is 414 g/mol. The lowest BCUT2D eigenvalue weighted by Crippen LogP contribution is -2.10. The topological polar surface area (TPSA) is 113 Å². The van der Waals surface area contributed by atoms with Gasteiger partial charge >= 0.3 is 15.6 Å². The summed E-state index contributed by atoms with van der Waals surface area (Å²) in [6.07, 6.45) is 11.0. The second-order valence-corrected chi connectivity index (χ2v) is 10.4. The van der Waals surface area contributed by atoms with Crippen LogP contribution in [0.5, 0.6) is 0 Å². The number of phosphoric ester groups is 1. The number of hydrogen-bond acceptors (Lipinski definition) is 4. The molecule has 0 aromatic heterocycles. The Labute approximate surface area is 175 Å². The zero-order chi connectivity index (χ0) is 22.7. The van der Waals surface area contributed by atoms with E-state index in [4.69, 9.17) is 14.3 Å². The fourth-order valence-electron chi connectivity index (χ4n) is 2.44.